The molecule has 13 nitrogen and oxygen atoms in total. The summed E-state index contributed by atoms with van der Waals surface area (Å²) in [5, 5.41) is 32.3. The van der Waals surface area contributed by atoms with Crippen molar-refractivity contribution in [3.63, 3.8) is 0 Å². The Morgan fingerprint density at radius 2 is 2.08 bits per heavy atom. The number of hydrogen-bond donors (Lipinski definition) is 6. The number of carboxylic acid groups (broad SMARTS) is 1. The van der Waals surface area contributed by atoms with Crippen LogP contribution in [0.1, 0.15) is 28.4 Å². The first-order chi connectivity index (χ1) is 19.4. The van der Waals surface area contributed by atoms with Crippen molar-refractivity contribution in [2.75, 3.05) is 25.0 Å². The Bertz CT molecular complexity index is 1570. The third kappa shape index (κ3) is 6.23. The van der Waals surface area contributed by atoms with E-state index in [1.807, 2.05) is 6.07 Å². The van der Waals surface area contributed by atoms with Gasteiger partial charge in [-0.25, -0.2) is 14.1 Å². The molecule has 2 atom stereocenters. The van der Waals surface area contributed by atoms with Gasteiger partial charge in [0.05, 0.1) is 55.2 Å². The highest BCUT2D eigenvalue weighted by Gasteiger charge is 2.20. The number of aliphatic carboxylic acids is 1. The molecular formula is C26H26FN9O4. The molecule has 0 aliphatic carbocycles. The minimum absolute atomic E-state index is 0.0234. The number of aromatic nitrogens is 4. The van der Waals surface area contributed by atoms with E-state index >= 15 is 0 Å². The van der Waals surface area contributed by atoms with Gasteiger partial charge in [-0.2, -0.15) is 10.2 Å². The molecule has 40 heavy (non-hydrogen) atoms. The second kappa shape index (κ2) is 11.6. The molecule has 2 aromatic heterocycles. The molecule has 1 unspecified atom stereocenters. The highest BCUT2D eigenvalue weighted by Crippen LogP contribution is 2.24. The molecule has 3 heterocycles. The first kappa shape index (κ1) is 26.3. The summed E-state index contributed by atoms with van der Waals surface area (Å²) in [4.78, 5) is 41.4. The third-order valence-electron chi connectivity index (χ3n) is 6.18. The number of rotatable bonds is 9. The number of carboxylic acids is 1. The molecule has 206 valence electrons. The molecule has 0 bridgehead atoms. The van der Waals surface area contributed by atoms with Gasteiger partial charge in [-0.15, -0.1) is 0 Å². The highest BCUT2D eigenvalue weighted by atomic mass is 19.1. The van der Waals surface area contributed by atoms with Crippen LogP contribution in [0.5, 0.6) is 0 Å². The van der Waals surface area contributed by atoms with Gasteiger partial charge in [0.1, 0.15) is 6.17 Å². The lowest BCUT2D eigenvalue weighted by Gasteiger charge is -2.19. The smallest absolute Gasteiger partial charge is 0.305 e. The number of alkyl halides is 1. The van der Waals surface area contributed by atoms with Crippen LogP contribution in [0.3, 0.4) is 0 Å². The summed E-state index contributed by atoms with van der Waals surface area (Å²) in [7, 11) is 0. The average molecular weight is 548 g/mol. The predicted molar refractivity (Wildman–Crippen MR) is 144 cm³/mol. The third-order valence-corrected chi connectivity index (χ3v) is 6.18. The number of aliphatic imine (C=N–C) groups is 1. The summed E-state index contributed by atoms with van der Waals surface area (Å²) in [5.74, 6) is -1.82. The molecular weight excluding hydrogens is 521 g/mol. The van der Waals surface area contributed by atoms with Gasteiger partial charge in [-0.3, -0.25) is 19.5 Å². The molecule has 0 saturated carbocycles. The zero-order valence-electron chi connectivity index (χ0n) is 21.1. The lowest BCUT2D eigenvalue weighted by molar-refractivity contribution is -0.137. The van der Waals surface area contributed by atoms with Crippen molar-refractivity contribution in [2.24, 2.45) is 4.99 Å². The van der Waals surface area contributed by atoms with Crippen LogP contribution in [0.15, 0.2) is 66.0 Å². The molecule has 6 N–H and O–H groups in total. The number of carbonyl (C=O) groups is 3. The molecule has 0 spiro atoms. The highest BCUT2D eigenvalue weighted by molar-refractivity contribution is 6.07. The number of guanidine groups is 1. The minimum Gasteiger partial charge on any atom is -0.481 e. The Morgan fingerprint density at radius 3 is 2.83 bits per heavy atom. The van der Waals surface area contributed by atoms with E-state index in [0.717, 1.165) is 0 Å². The largest absolute Gasteiger partial charge is 0.481 e. The summed E-state index contributed by atoms with van der Waals surface area (Å²) in [6.07, 6.45) is 3.53. The number of H-pyrrole nitrogens is 1. The van der Waals surface area contributed by atoms with Crippen molar-refractivity contribution in [2.45, 2.75) is 18.6 Å². The van der Waals surface area contributed by atoms with Crippen LogP contribution >= 0.6 is 0 Å². The second-order valence-electron chi connectivity index (χ2n) is 9.09. The standard InChI is InChI=1S/C26H26FN9O4/c27-17-11-29-26(30-12-17)34-21-8-16(9-22-19(21)13-31-35-22)25(40)28-14-23(37)33-20(10-24(38)39)15-3-1-4-18(7-15)36-6-2-5-32-36/h1-9,13,17,20H,10-12,14H2,(H,28,40)(H,31,35)(H,33,37)(H,38,39)(H2,29,30,34)/t20-/m0/s1. The van der Waals surface area contributed by atoms with Crippen LogP contribution in [-0.2, 0) is 9.59 Å². The summed E-state index contributed by atoms with van der Waals surface area (Å²) >= 11 is 0. The maximum Gasteiger partial charge on any atom is 0.305 e. The van der Waals surface area contributed by atoms with Gasteiger partial charge >= 0.3 is 5.97 Å². The molecule has 2 amide bonds. The van der Waals surface area contributed by atoms with E-state index < -0.39 is 30.0 Å². The number of benzene rings is 2. The fraction of sp³-hybridized carbons (Fsp3) is 0.231. The van der Waals surface area contributed by atoms with Crippen LogP contribution in [0, 0.1) is 0 Å². The normalized spacial score (nSPS) is 15.5. The monoisotopic (exact) mass is 547 g/mol. The second-order valence-corrected chi connectivity index (χ2v) is 9.09. The molecule has 1 aliphatic heterocycles. The molecule has 5 rings (SSSR count). The molecule has 0 saturated heterocycles. The van der Waals surface area contributed by atoms with E-state index in [1.54, 1.807) is 59.7 Å². The number of aromatic amines is 1. The molecule has 1 aliphatic rings. The Balaban J connectivity index is 1.26. The van der Waals surface area contributed by atoms with Crippen molar-refractivity contribution >= 4 is 40.3 Å². The van der Waals surface area contributed by atoms with Crippen LogP contribution in [0.2, 0.25) is 0 Å². The molecule has 4 aromatic rings. The van der Waals surface area contributed by atoms with E-state index in [1.165, 1.54) is 0 Å². The van der Waals surface area contributed by atoms with E-state index in [9.17, 15) is 23.9 Å². The van der Waals surface area contributed by atoms with Crippen LogP contribution in [0.4, 0.5) is 10.1 Å². The number of nitrogens with one attached hydrogen (secondary N) is 5. The van der Waals surface area contributed by atoms with E-state index in [2.05, 4.69) is 41.6 Å². The van der Waals surface area contributed by atoms with Crippen molar-refractivity contribution in [1.82, 2.24) is 35.9 Å². The summed E-state index contributed by atoms with van der Waals surface area (Å²) in [6, 6.07) is 11.1. The molecule has 0 radical (unpaired) electrons. The Kier molecular flexibility index (Phi) is 7.66. The van der Waals surface area contributed by atoms with Crippen molar-refractivity contribution < 1.29 is 23.9 Å². The number of halogens is 1. The van der Waals surface area contributed by atoms with Gasteiger partial charge in [0.25, 0.3) is 5.91 Å². The Labute approximate surface area is 226 Å². The van der Waals surface area contributed by atoms with Gasteiger partial charge < -0.3 is 26.4 Å². The van der Waals surface area contributed by atoms with E-state index in [-0.39, 0.29) is 31.6 Å². The van der Waals surface area contributed by atoms with Crippen LogP contribution < -0.4 is 21.3 Å². The van der Waals surface area contributed by atoms with Gasteiger partial charge in [-0.1, -0.05) is 12.1 Å². The molecule has 0 fully saturated rings. The van der Waals surface area contributed by atoms with E-state index in [4.69, 9.17) is 0 Å². The van der Waals surface area contributed by atoms with Gasteiger partial charge in [0.15, 0.2) is 5.96 Å². The summed E-state index contributed by atoms with van der Waals surface area (Å²) < 4.78 is 15.0. The van der Waals surface area contributed by atoms with Gasteiger partial charge in [0.2, 0.25) is 5.91 Å². The first-order valence-corrected chi connectivity index (χ1v) is 12.4. The van der Waals surface area contributed by atoms with Crippen molar-refractivity contribution in [3.8, 4) is 5.69 Å². The minimum atomic E-state index is -1.09. The predicted octanol–water partition coefficient (Wildman–Crippen LogP) is 1.52. The zero-order chi connectivity index (χ0) is 28.1. The van der Waals surface area contributed by atoms with Crippen molar-refractivity contribution in [3.05, 3.63) is 72.2 Å². The van der Waals surface area contributed by atoms with Gasteiger partial charge in [0, 0.05) is 23.3 Å². The molecule has 2 aromatic carbocycles. The average Bonchev–Trinajstić information content (AvgIpc) is 3.65. The summed E-state index contributed by atoms with van der Waals surface area (Å²) in [5.41, 5.74) is 2.61. The number of nitrogens with zero attached hydrogens (tertiary/aromatic N) is 4. The Morgan fingerprint density at radius 1 is 1.20 bits per heavy atom. The summed E-state index contributed by atoms with van der Waals surface area (Å²) in [6.45, 7) is -0.245. The number of carbonyl (C=O) groups excluding carboxylic acids is 2. The SMILES string of the molecule is O=C(O)C[C@H](NC(=O)CNC(=O)c1cc(NC2=NCC(F)CN2)c2cn[nH]c2c1)c1cccc(-n2cccn2)c1. The van der Waals surface area contributed by atoms with Crippen LogP contribution in [0.25, 0.3) is 16.6 Å². The van der Waals surface area contributed by atoms with E-state index in [0.29, 0.717) is 33.8 Å². The Hall–Kier alpha value is -5.27. The maximum atomic E-state index is 13.4. The number of hydrogen-bond acceptors (Lipinski definition) is 8. The lowest BCUT2D eigenvalue weighted by Crippen LogP contribution is -2.41. The topological polar surface area (TPSA) is 178 Å². The first-order valence-electron chi connectivity index (χ1n) is 12.4. The lowest BCUT2D eigenvalue weighted by atomic mass is 10.0. The number of amides is 2. The zero-order valence-corrected chi connectivity index (χ0v) is 21.1. The fourth-order valence-electron chi connectivity index (χ4n) is 4.26. The number of fused-ring (bicyclic) bond motifs is 1. The number of anilines is 1. The maximum absolute atomic E-state index is 13.4. The van der Waals surface area contributed by atoms with Gasteiger partial charge in [-0.05, 0) is 35.9 Å². The molecule has 14 heteroatoms. The van der Waals surface area contributed by atoms with Crippen molar-refractivity contribution in [1.29, 1.82) is 0 Å². The quantitative estimate of drug-likeness (QED) is 0.183. The van der Waals surface area contributed by atoms with Crippen LogP contribution in [-0.4, -0.2) is 74.6 Å². The fourth-order valence-corrected chi connectivity index (χ4v) is 4.26.